The number of aliphatic hydroxyl groups is 1. The lowest BCUT2D eigenvalue weighted by atomic mass is 9.74. The second kappa shape index (κ2) is 13.9. The van der Waals surface area contributed by atoms with E-state index in [9.17, 15) is 19.5 Å². The van der Waals surface area contributed by atoms with E-state index in [1.165, 1.54) is 4.90 Å². The number of nitrogens with zero attached hydrogens (tertiary/aromatic N) is 2. The highest BCUT2D eigenvalue weighted by Gasteiger charge is 2.74. The first kappa shape index (κ1) is 33.9. The Morgan fingerprint density at radius 2 is 1.83 bits per heavy atom. The molecule has 4 heterocycles. The summed E-state index contributed by atoms with van der Waals surface area (Å²) >= 11 is 6.75. The number of carbonyl (C=O) groups excluding carboxylic acids is 4. The number of halogens is 1. The van der Waals surface area contributed by atoms with Gasteiger partial charge < -0.3 is 29.7 Å². The number of likely N-dealkylation sites (tertiary alicyclic amines) is 1. The molecule has 6 rings (SSSR count). The number of hydrogen-bond acceptors (Lipinski definition) is 7. The van der Waals surface area contributed by atoms with E-state index in [-0.39, 0.29) is 37.9 Å². The molecule has 48 heavy (non-hydrogen) atoms. The van der Waals surface area contributed by atoms with Gasteiger partial charge in [0.1, 0.15) is 23.7 Å². The first-order valence-corrected chi connectivity index (χ1v) is 17.0. The van der Waals surface area contributed by atoms with Crippen molar-refractivity contribution in [2.45, 2.75) is 69.9 Å². The number of cyclic esters (lactones) is 1. The molecule has 0 aromatic heterocycles. The summed E-state index contributed by atoms with van der Waals surface area (Å²) in [4.78, 5) is 59.9. The van der Waals surface area contributed by atoms with E-state index in [0.717, 1.165) is 5.56 Å². The van der Waals surface area contributed by atoms with Crippen LogP contribution in [0.4, 0.5) is 5.69 Å². The number of nitrogens with one attached hydrogen (secondary N) is 1. The maximum atomic E-state index is 15.1. The van der Waals surface area contributed by atoms with Gasteiger partial charge in [0, 0.05) is 13.0 Å². The Hall–Kier alpha value is -3.99. The normalized spacial score (nSPS) is 31.0. The molecule has 4 aliphatic rings. The third-order valence-electron chi connectivity index (χ3n) is 10.3. The molecule has 2 aromatic rings. The number of benzene rings is 2. The number of allylic oxidation sites excluding steroid dienone is 1. The third kappa shape index (κ3) is 5.84. The van der Waals surface area contributed by atoms with Gasteiger partial charge in [0.2, 0.25) is 11.8 Å². The molecule has 2 saturated heterocycles. The fourth-order valence-electron chi connectivity index (χ4n) is 7.65. The second-order valence-corrected chi connectivity index (χ2v) is 13.5. The topological polar surface area (TPSA) is 125 Å². The van der Waals surface area contributed by atoms with Gasteiger partial charge >= 0.3 is 5.97 Å². The van der Waals surface area contributed by atoms with Crippen LogP contribution in [-0.4, -0.2) is 77.2 Å². The quantitative estimate of drug-likeness (QED) is 0.346. The van der Waals surface area contributed by atoms with Gasteiger partial charge in [0.25, 0.3) is 5.91 Å². The number of rotatable bonds is 6. The van der Waals surface area contributed by atoms with Crippen LogP contribution < -0.4 is 10.2 Å². The van der Waals surface area contributed by atoms with E-state index in [0.29, 0.717) is 29.1 Å². The van der Waals surface area contributed by atoms with Gasteiger partial charge in [-0.3, -0.25) is 19.2 Å². The highest BCUT2D eigenvalue weighted by atomic mass is 35.5. The van der Waals surface area contributed by atoms with Crippen molar-refractivity contribution in [3.8, 4) is 0 Å². The maximum Gasteiger partial charge on any atom is 0.313 e. The lowest BCUT2D eigenvalue weighted by Gasteiger charge is -2.40. The first-order chi connectivity index (χ1) is 23.1. The molecule has 0 aliphatic carbocycles. The number of hydrogen-bond donors (Lipinski definition) is 2. The molecule has 11 heteroatoms. The fourth-order valence-corrected chi connectivity index (χ4v) is 7.98. The molecule has 10 nitrogen and oxygen atoms in total. The molecule has 2 N–H and O–H groups in total. The summed E-state index contributed by atoms with van der Waals surface area (Å²) in [6, 6.07) is 12.6. The number of ether oxygens (including phenoxy) is 2. The molecule has 8 atom stereocenters. The molecular formula is C37H42ClN3O7. The minimum absolute atomic E-state index is 0.0452. The standard InChI is InChI=1S/C37H42ClN3O7/c1-4-22(2)26(21-42)41-33-35(45)40(32-23(3)12-11-15-25(32)38)19-10-6-9-16-29(43)39-20-28(24-13-7-5-8-14-24)47-36(46)30-27-17-18-37(33,48-27)31(30)34(41)44/h5-8,10-15,17-18,22,26-28,30-31,33,42H,4,9,16,19-21H2,1-3H3,(H,39,43)/b10-6-/t22-,26-,27-,28-,30+,31+,33-,37+/m0/s1. The molecule has 1 spiro atoms. The van der Waals surface area contributed by atoms with Crippen LogP contribution in [0.5, 0.6) is 0 Å². The molecule has 0 unspecified atom stereocenters. The Bertz CT molecular complexity index is 1610. The van der Waals surface area contributed by atoms with Crippen molar-refractivity contribution in [2.75, 3.05) is 24.6 Å². The monoisotopic (exact) mass is 675 g/mol. The van der Waals surface area contributed by atoms with Crippen LogP contribution in [0.15, 0.2) is 72.8 Å². The van der Waals surface area contributed by atoms with Crippen molar-refractivity contribution in [2.24, 2.45) is 17.8 Å². The third-order valence-corrected chi connectivity index (χ3v) is 10.6. The average molecular weight is 676 g/mol. The zero-order valence-electron chi connectivity index (χ0n) is 27.4. The van der Waals surface area contributed by atoms with E-state index < -0.39 is 59.5 Å². The van der Waals surface area contributed by atoms with Crippen molar-refractivity contribution < 1.29 is 33.8 Å². The minimum Gasteiger partial charge on any atom is -0.455 e. The lowest BCUT2D eigenvalue weighted by Crippen LogP contribution is -2.59. The summed E-state index contributed by atoms with van der Waals surface area (Å²) in [6.07, 6.45) is 6.73. The molecular weight excluding hydrogens is 634 g/mol. The molecule has 5 bridgehead atoms. The van der Waals surface area contributed by atoms with Crippen LogP contribution in [0, 0.1) is 24.7 Å². The molecule has 4 aliphatic heterocycles. The number of para-hydroxylation sites is 1. The predicted octanol–water partition coefficient (Wildman–Crippen LogP) is 4.29. The number of esters is 1. The van der Waals surface area contributed by atoms with Crippen molar-refractivity contribution in [3.05, 3.63) is 89.0 Å². The number of amides is 3. The minimum atomic E-state index is -1.48. The second-order valence-electron chi connectivity index (χ2n) is 13.1. The Morgan fingerprint density at radius 3 is 2.54 bits per heavy atom. The Labute approximate surface area is 285 Å². The SMILES string of the molecule is CC[C@H](C)[C@H](CO)N1C(=O)[C@H]2[C@@H]3C(=O)O[C@H](c4ccccc4)CNC(=O)CC/C=C\CN(c4c(C)cccc4Cl)C(=O)[C@H]1[C@@]21C=C[C@@H]3O1. The van der Waals surface area contributed by atoms with Crippen LogP contribution in [0.3, 0.4) is 0 Å². The van der Waals surface area contributed by atoms with Crippen LogP contribution >= 0.6 is 11.6 Å². The van der Waals surface area contributed by atoms with E-state index >= 15 is 4.79 Å². The summed E-state index contributed by atoms with van der Waals surface area (Å²) in [5.74, 6) is -4.06. The highest BCUT2D eigenvalue weighted by Crippen LogP contribution is 2.57. The Kier molecular flexibility index (Phi) is 9.79. The first-order valence-electron chi connectivity index (χ1n) is 16.7. The molecule has 2 aromatic carbocycles. The number of anilines is 1. The summed E-state index contributed by atoms with van der Waals surface area (Å²) in [5.41, 5.74) is 0.443. The summed E-state index contributed by atoms with van der Waals surface area (Å²) < 4.78 is 12.7. The number of carbonyl (C=O) groups is 4. The molecule has 0 radical (unpaired) electrons. The van der Waals surface area contributed by atoms with Crippen LogP contribution in [0.1, 0.15) is 50.3 Å². The van der Waals surface area contributed by atoms with Crippen molar-refractivity contribution in [1.29, 1.82) is 0 Å². The van der Waals surface area contributed by atoms with Gasteiger partial charge in [-0.2, -0.15) is 0 Å². The number of aliphatic hydroxyl groups excluding tert-OH is 1. The van der Waals surface area contributed by atoms with E-state index in [1.807, 2.05) is 69.3 Å². The van der Waals surface area contributed by atoms with E-state index in [2.05, 4.69) is 5.32 Å². The zero-order chi connectivity index (χ0) is 34.2. The van der Waals surface area contributed by atoms with Gasteiger partial charge in [-0.15, -0.1) is 0 Å². The van der Waals surface area contributed by atoms with Crippen molar-refractivity contribution in [1.82, 2.24) is 10.2 Å². The average Bonchev–Trinajstić information content (AvgIpc) is 3.73. The van der Waals surface area contributed by atoms with E-state index in [4.69, 9.17) is 21.1 Å². The number of fused-ring (bicyclic) bond motifs is 2. The Balaban J connectivity index is 1.49. The van der Waals surface area contributed by atoms with Crippen LogP contribution in [0.25, 0.3) is 0 Å². The highest BCUT2D eigenvalue weighted by molar-refractivity contribution is 6.34. The van der Waals surface area contributed by atoms with Gasteiger partial charge in [-0.05, 0) is 36.5 Å². The number of aryl methyl sites for hydroxylation is 1. The maximum absolute atomic E-state index is 15.1. The van der Waals surface area contributed by atoms with Crippen molar-refractivity contribution >= 4 is 41.0 Å². The summed E-state index contributed by atoms with van der Waals surface area (Å²) in [7, 11) is 0. The van der Waals surface area contributed by atoms with Crippen LogP contribution in [0.2, 0.25) is 5.02 Å². The van der Waals surface area contributed by atoms with Gasteiger partial charge in [0.05, 0.1) is 41.9 Å². The van der Waals surface area contributed by atoms with E-state index in [1.54, 1.807) is 29.2 Å². The largest absolute Gasteiger partial charge is 0.455 e. The Morgan fingerprint density at radius 1 is 1.06 bits per heavy atom. The van der Waals surface area contributed by atoms with Crippen LogP contribution in [-0.2, 0) is 28.7 Å². The smallest absolute Gasteiger partial charge is 0.313 e. The van der Waals surface area contributed by atoms with Gasteiger partial charge in [0.15, 0.2) is 0 Å². The van der Waals surface area contributed by atoms with Gasteiger partial charge in [-0.1, -0.05) is 98.6 Å². The molecule has 254 valence electrons. The lowest BCUT2D eigenvalue weighted by molar-refractivity contribution is -0.160. The fraction of sp³-hybridized carbons (Fsp3) is 0.459. The molecule has 3 amide bonds. The molecule has 2 fully saturated rings. The molecule has 0 saturated carbocycles. The zero-order valence-corrected chi connectivity index (χ0v) is 28.1. The summed E-state index contributed by atoms with van der Waals surface area (Å²) in [6.45, 7) is 5.51. The van der Waals surface area contributed by atoms with Gasteiger partial charge in [-0.25, -0.2) is 0 Å². The predicted molar refractivity (Wildman–Crippen MR) is 180 cm³/mol. The van der Waals surface area contributed by atoms with Crippen molar-refractivity contribution in [3.63, 3.8) is 0 Å². The summed E-state index contributed by atoms with van der Waals surface area (Å²) in [5, 5.41) is 14.0.